The highest BCUT2D eigenvalue weighted by Crippen LogP contribution is 2.16. The highest BCUT2D eigenvalue weighted by molar-refractivity contribution is 5.74. The van der Waals surface area contributed by atoms with E-state index in [-0.39, 0.29) is 5.41 Å². The Labute approximate surface area is 54.9 Å². The summed E-state index contributed by atoms with van der Waals surface area (Å²) in [5, 5.41) is 8.39. The molecule has 0 aliphatic heterocycles. The Morgan fingerprint density at radius 3 is 1.89 bits per heavy atom. The van der Waals surface area contributed by atoms with E-state index in [1.165, 1.54) is 0 Å². The van der Waals surface area contributed by atoms with Gasteiger partial charge in [0.1, 0.15) is 6.04 Å². The zero-order valence-corrected chi connectivity index (χ0v) is 6.01. The molecule has 0 aromatic heterocycles. The summed E-state index contributed by atoms with van der Waals surface area (Å²) in [6.45, 7) is 5.39. The van der Waals surface area contributed by atoms with Crippen LogP contribution in [0.3, 0.4) is 0 Å². The Bertz CT molecular complexity index is 115. The van der Waals surface area contributed by atoms with E-state index in [1.807, 2.05) is 0 Å². The van der Waals surface area contributed by atoms with E-state index < -0.39 is 12.0 Å². The van der Waals surface area contributed by atoms with E-state index in [1.54, 1.807) is 20.8 Å². The van der Waals surface area contributed by atoms with Crippen molar-refractivity contribution in [2.75, 3.05) is 0 Å². The number of carboxylic acids is 1. The summed E-state index contributed by atoms with van der Waals surface area (Å²) in [6, 6.07) is -0.766. The Balaban J connectivity index is 4.04. The topological polar surface area (TPSA) is 63.3 Å². The average Bonchev–Trinajstić information content (AvgIpc) is 1.62. The van der Waals surface area contributed by atoms with Crippen molar-refractivity contribution in [1.29, 1.82) is 0 Å². The van der Waals surface area contributed by atoms with E-state index in [0.29, 0.717) is 0 Å². The first-order valence-electron chi connectivity index (χ1n) is 2.84. The average molecular weight is 132 g/mol. The van der Waals surface area contributed by atoms with E-state index in [0.717, 1.165) is 0 Å². The standard InChI is InChI=1S/C6H13NO2/c1-6(2,3)4(7)5(8)9/h4H,7H2,1-3H3,(H,8,9)/i7+1. The van der Waals surface area contributed by atoms with Crippen LogP contribution in [0.2, 0.25) is 0 Å². The van der Waals surface area contributed by atoms with Crippen LogP contribution in [0.5, 0.6) is 0 Å². The minimum atomic E-state index is -0.942. The Kier molecular flexibility index (Phi) is 2.20. The van der Waals surface area contributed by atoms with Gasteiger partial charge in [-0.2, -0.15) is 0 Å². The Morgan fingerprint density at radius 2 is 1.89 bits per heavy atom. The number of hydrogen-bond acceptors (Lipinski definition) is 2. The lowest BCUT2D eigenvalue weighted by atomic mass is 9.89. The SMILES string of the molecule is CC(C)(C)C([15NH2])C(=O)O. The molecule has 0 aromatic carbocycles. The van der Waals surface area contributed by atoms with Gasteiger partial charge in [-0.25, -0.2) is 0 Å². The maximum atomic E-state index is 10.2. The number of aliphatic carboxylic acids is 1. The molecule has 1 unspecified atom stereocenters. The zero-order chi connectivity index (χ0) is 7.65. The third kappa shape index (κ3) is 2.46. The van der Waals surface area contributed by atoms with Crippen LogP contribution >= 0.6 is 0 Å². The summed E-state index contributed by atoms with van der Waals surface area (Å²) in [5.74, 6) is -0.942. The predicted octanol–water partition coefficient (Wildman–Crippen LogP) is 0.444. The largest absolute Gasteiger partial charge is 0.480 e. The number of carboxylic acid groups (broad SMARTS) is 1. The van der Waals surface area contributed by atoms with Gasteiger partial charge < -0.3 is 10.8 Å². The predicted molar refractivity (Wildman–Crippen MR) is 35.1 cm³/mol. The van der Waals surface area contributed by atoms with Crippen LogP contribution in [0.4, 0.5) is 0 Å². The number of carbonyl (C=O) groups is 1. The number of hydrogen-bond donors (Lipinski definition) is 2. The van der Waals surface area contributed by atoms with Gasteiger partial charge in [-0.15, -0.1) is 0 Å². The molecule has 0 aromatic rings. The third-order valence-electron chi connectivity index (χ3n) is 1.20. The normalized spacial score (nSPS) is 15.1. The molecule has 3 N–H and O–H groups in total. The summed E-state index contributed by atoms with van der Waals surface area (Å²) in [7, 11) is 0. The van der Waals surface area contributed by atoms with E-state index in [2.05, 4.69) is 0 Å². The molecule has 54 valence electrons. The molecule has 9 heavy (non-hydrogen) atoms. The summed E-state index contributed by atoms with van der Waals surface area (Å²) in [4.78, 5) is 10.2. The molecular formula is C6H13NO2. The van der Waals surface area contributed by atoms with Crippen molar-refractivity contribution < 1.29 is 9.90 Å². The fourth-order valence-corrected chi connectivity index (χ4v) is 0.370. The van der Waals surface area contributed by atoms with Crippen molar-refractivity contribution in [3.63, 3.8) is 0 Å². The van der Waals surface area contributed by atoms with Crippen LogP contribution in [0.25, 0.3) is 0 Å². The first-order chi connectivity index (χ1) is 3.85. The molecule has 0 spiro atoms. The van der Waals surface area contributed by atoms with Crippen LogP contribution in [-0.4, -0.2) is 17.1 Å². The smallest absolute Gasteiger partial charge is 0.321 e. The van der Waals surface area contributed by atoms with E-state index in [4.69, 9.17) is 10.8 Å². The van der Waals surface area contributed by atoms with Gasteiger partial charge in [-0.3, -0.25) is 4.79 Å². The van der Waals surface area contributed by atoms with Crippen LogP contribution in [0.15, 0.2) is 0 Å². The van der Waals surface area contributed by atoms with Crippen molar-refractivity contribution >= 4 is 5.97 Å². The lowest BCUT2D eigenvalue weighted by Gasteiger charge is -2.22. The van der Waals surface area contributed by atoms with Gasteiger partial charge in [-0.05, 0) is 5.41 Å². The second-order valence-corrected chi connectivity index (χ2v) is 3.18. The molecule has 0 fully saturated rings. The second-order valence-electron chi connectivity index (χ2n) is 3.18. The molecule has 0 saturated carbocycles. The van der Waals surface area contributed by atoms with Crippen LogP contribution in [0, 0.1) is 5.41 Å². The van der Waals surface area contributed by atoms with Crippen molar-refractivity contribution in [1.82, 2.24) is 0 Å². The molecule has 0 bridgehead atoms. The molecule has 0 saturated heterocycles. The third-order valence-corrected chi connectivity index (χ3v) is 1.20. The van der Waals surface area contributed by atoms with Crippen LogP contribution in [-0.2, 0) is 4.79 Å². The van der Waals surface area contributed by atoms with Gasteiger partial charge in [0.15, 0.2) is 0 Å². The van der Waals surface area contributed by atoms with Gasteiger partial charge >= 0.3 is 5.97 Å². The minimum Gasteiger partial charge on any atom is -0.480 e. The summed E-state index contributed by atoms with van der Waals surface area (Å²) < 4.78 is 0. The molecule has 0 radical (unpaired) electrons. The van der Waals surface area contributed by atoms with Crippen LogP contribution in [0.1, 0.15) is 20.8 Å². The molecular weight excluding hydrogens is 119 g/mol. The zero-order valence-electron chi connectivity index (χ0n) is 6.01. The molecule has 0 aliphatic carbocycles. The quantitative estimate of drug-likeness (QED) is 0.509. The molecule has 0 rings (SSSR count). The van der Waals surface area contributed by atoms with Crippen molar-refractivity contribution in [3.8, 4) is 0 Å². The first kappa shape index (κ1) is 8.43. The number of rotatable bonds is 1. The minimum absolute atomic E-state index is 0.341. The molecule has 0 aliphatic rings. The summed E-state index contributed by atoms with van der Waals surface area (Å²) >= 11 is 0. The van der Waals surface area contributed by atoms with E-state index in [9.17, 15) is 4.79 Å². The van der Waals surface area contributed by atoms with Gasteiger partial charge in [0.2, 0.25) is 0 Å². The highest BCUT2D eigenvalue weighted by atomic mass is 16.4. The molecule has 1 atom stereocenters. The van der Waals surface area contributed by atoms with Crippen LogP contribution < -0.4 is 5.73 Å². The van der Waals surface area contributed by atoms with Crippen molar-refractivity contribution in [2.24, 2.45) is 11.1 Å². The summed E-state index contributed by atoms with van der Waals surface area (Å²) in [5.41, 5.74) is 4.95. The Hall–Kier alpha value is -0.570. The fourth-order valence-electron chi connectivity index (χ4n) is 0.370. The van der Waals surface area contributed by atoms with E-state index >= 15 is 0 Å². The van der Waals surface area contributed by atoms with Crippen molar-refractivity contribution in [3.05, 3.63) is 0 Å². The lowest BCUT2D eigenvalue weighted by molar-refractivity contribution is -0.141. The molecule has 3 nitrogen and oxygen atoms in total. The van der Waals surface area contributed by atoms with Gasteiger partial charge in [0.25, 0.3) is 0 Å². The van der Waals surface area contributed by atoms with Crippen molar-refractivity contribution in [2.45, 2.75) is 26.8 Å². The Morgan fingerprint density at radius 1 is 1.56 bits per heavy atom. The molecule has 3 heteroatoms. The first-order valence-corrected chi connectivity index (χ1v) is 2.84. The molecule has 0 heterocycles. The maximum absolute atomic E-state index is 10.2. The maximum Gasteiger partial charge on any atom is 0.321 e. The fraction of sp³-hybridized carbons (Fsp3) is 0.833. The van der Waals surface area contributed by atoms with Gasteiger partial charge in [0.05, 0.1) is 0 Å². The van der Waals surface area contributed by atoms with Gasteiger partial charge in [0, 0.05) is 0 Å². The summed E-state index contributed by atoms with van der Waals surface area (Å²) in [6.07, 6.45) is 0. The lowest BCUT2D eigenvalue weighted by Crippen LogP contribution is -2.41. The monoisotopic (exact) mass is 132 g/mol. The van der Waals surface area contributed by atoms with Gasteiger partial charge in [-0.1, -0.05) is 20.8 Å². The molecule has 0 amide bonds. The highest BCUT2D eigenvalue weighted by Gasteiger charge is 2.26. The number of nitrogens with two attached hydrogens (primary N) is 1. The second kappa shape index (κ2) is 2.35.